The predicted molar refractivity (Wildman–Crippen MR) is 45.4 cm³/mol. The van der Waals surface area contributed by atoms with E-state index in [9.17, 15) is 4.79 Å². The summed E-state index contributed by atoms with van der Waals surface area (Å²) in [4.78, 5) is 10.8. The highest BCUT2D eigenvalue weighted by atomic mass is 79.9. The van der Waals surface area contributed by atoms with Gasteiger partial charge in [0.25, 0.3) is 0 Å². The molecule has 9 heavy (non-hydrogen) atoms. The van der Waals surface area contributed by atoms with E-state index in [1.165, 1.54) is 0 Å². The number of esters is 1. The van der Waals surface area contributed by atoms with E-state index in [1.54, 1.807) is 22.6 Å². The van der Waals surface area contributed by atoms with E-state index in [4.69, 9.17) is 4.74 Å². The van der Waals surface area contributed by atoms with Crippen molar-refractivity contribution in [3.05, 3.63) is 0 Å². The summed E-state index contributed by atoms with van der Waals surface area (Å²) in [7, 11) is 3.51. The molecule has 2 nitrogen and oxygen atoms in total. The molecule has 0 saturated carbocycles. The second-order valence-corrected chi connectivity index (χ2v) is 4.18. The van der Waals surface area contributed by atoms with Gasteiger partial charge < -0.3 is 4.74 Å². The molecule has 5 heteroatoms. The van der Waals surface area contributed by atoms with Crippen molar-refractivity contribution in [3.8, 4) is 0 Å². The summed E-state index contributed by atoms with van der Waals surface area (Å²) >= 11 is 3.17. The fraction of sp³-hybridized carbons (Fsp3) is 0.750. The molecule has 0 N–H and O–H groups in total. The Morgan fingerprint density at radius 2 is 2.22 bits per heavy atom. The van der Waals surface area contributed by atoms with Gasteiger partial charge in [0.1, 0.15) is 15.7 Å². The summed E-state index contributed by atoms with van der Waals surface area (Å²) in [6.45, 7) is 2.23. The van der Waals surface area contributed by atoms with Crippen molar-refractivity contribution >= 4 is 37.6 Å². The Balaban J connectivity index is 3.74. The largest absolute Gasteiger partial charge is 0.466 e. The molecule has 0 saturated heterocycles. The van der Waals surface area contributed by atoms with Crippen molar-refractivity contribution < 1.29 is 9.53 Å². The molecule has 0 radical (unpaired) electrons. The zero-order valence-corrected chi connectivity index (χ0v) is 7.49. The van der Waals surface area contributed by atoms with Crippen molar-refractivity contribution in [3.63, 3.8) is 0 Å². The molecule has 0 aromatic carbocycles. The third-order valence-corrected chi connectivity index (χ3v) is 1.08. The fourth-order valence-corrected chi connectivity index (χ4v) is 0.417. The number of hydrogen-bond donors (Lipinski definition) is 0. The van der Waals surface area contributed by atoms with Crippen LogP contribution in [0.15, 0.2) is 0 Å². The topological polar surface area (TPSA) is 26.3 Å². The van der Waals surface area contributed by atoms with Crippen LogP contribution in [0.1, 0.15) is 6.92 Å². The van der Waals surface area contributed by atoms with Gasteiger partial charge >= 0.3 is 5.97 Å². The molecule has 0 aromatic rings. The van der Waals surface area contributed by atoms with Crippen LogP contribution in [0.4, 0.5) is 0 Å². The van der Waals surface area contributed by atoms with Gasteiger partial charge in [-0.05, 0) is 6.92 Å². The molecule has 0 aliphatic heterocycles. The molecule has 0 bridgehead atoms. The van der Waals surface area contributed by atoms with Crippen LogP contribution in [0.3, 0.4) is 0 Å². The molecule has 0 rings (SSSR count). The Hall–Kier alpha value is 0.0799. The van der Waals surface area contributed by atoms with Crippen LogP contribution >= 0.6 is 15.9 Å². The van der Waals surface area contributed by atoms with Crippen LogP contribution in [0.5, 0.6) is 0 Å². The van der Waals surface area contributed by atoms with E-state index in [1.807, 2.05) is 0 Å². The van der Waals surface area contributed by atoms with Crippen LogP contribution in [0.25, 0.3) is 0 Å². The molecule has 0 fully saturated rings. The lowest BCUT2D eigenvalue weighted by atomic mass is 9.71. The maximum Gasteiger partial charge on any atom is 0.306 e. The lowest BCUT2D eigenvalue weighted by Gasteiger charge is -2.12. The van der Waals surface area contributed by atoms with Crippen LogP contribution in [-0.4, -0.2) is 32.4 Å². The van der Waals surface area contributed by atoms with Gasteiger partial charge in [-0.2, -0.15) is 0 Å². The van der Waals surface area contributed by atoms with Crippen LogP contribution in [0, 0.1) is 0 Å². The molecule has 0 spiro atoms. The predicted octanol–water partition coefficient (Wildman–Crippen LogP) is -1.14. The molecule has 0 atom stereocenters. The highest BCUT2D eigenvalue weighted by molar-refractivity contribution is 9.11. The molecule has 0 unspecified atom stereocenters. The summed E-state index contributed by atoms with van der Waals surface area (Å²) in [6.07, 6.45) is 0. The number of alkyl halides is 1. The smallest absolute Gasteiger partial charge is 0.306 e. The van der Waals surface area contributed by atoms with Crippen LogP contribution < -0.4 is 0 Å². The van der Waals surface area contributed by atoms with E-state index in [0.717, 1.165) is 0 Å². The van der Waals surface area contributed by atoms with Crippen molar-refractivity contribution in [2.45, 2.75) is 11.0 Å². The van der Waals surface area contributed by atoms with E-state index in [2.05, 4.69) is 15.9 Å². The molecule has 0 aliphatic carbocycles. The number of carbonyl (C=O) groups excluding carboxylic acids is 1. The molecule has 0 aliphatic rings. The molecular weight excluding hydrogens is 182 g/mol. The summed E-state index contributed by atoms with van der Waals surface area (Å²) in [6, 6.07) is 0. The molecule has 0 aromatic heterocycles. The number of carbonyl (C=O) groups is 1. The van der Waals surface area contributed by atoms with Crippen molar-refractivity contribution in [1.29, 1.82) is 0 Å². The Morgan fingerprint density at radius 1 is 1.78 bits per heavy atom. The first kappa shape index (κ1) is 9.08. The average Bonchev–Trinajstić information content (AvgIpc) is 1.64. The minimum Gasteiger partial charge on any atom is -0.466 e. The maximum atomic E-state index is 10.8. The maximum absolute atomic E-state index is 10.8. The lowest BCUT2D eigenvalue weighted by molar-refractivity contribution is -0.141. The first-order valence-corrected chi connectivity index (χ1v) is 3.64. The van der Waals surface area contributed by atoms with Crippen LogP contribution in [0.2, 0.25) is 0 Å². The minimum atomic E-state index is -0.539. The van der Waals surface area contributed by atoms with Gasteiger partial charge in [0.2, 0.25) is 0 Å². The van der Waals surface area contributed by atoms with Gasteiger partial charge in [-0.25, -0.2) is 0 Å². The first-order chi connectivity index (χ1) is 3.98. The monoisotopic (exact) mass is 190 g/mol. The quantitative estimate of drug-likeness (QED) is 0.313. The van der Waals surface area contributed by atoms with Gasteiger partial charge in [0, 0.05) is 0 Å². The minimum absolute atomic E-state index is 0.218. The van der Waals surface area contributed by atoms with Crippen molar-refractivity contribution in [2.75, 3.05) is 6.61 Å². The summed E-state index contributed by atoms with van der Waals surface area (Å²) in [5.41, 5.74) is 0. The first-order valence-electron chi connectivity index (χ1n) is 2.84. The number of hydrogen-bond acceptors (Lipinski definition) is 2. The van der Waals surface area contributed by atoms with Gasteiger partial charge in [-0.1, -0.05) is 15.9 Å². The highest BCUT2D eigenvalue weighted by Crippen LogP contribution is 2.08. The molecule has 50 valence electrons. The third-order valence-electron chi connectivity index (χ3n) is 0.761. The Kier molecular flexibility index (Phi) is 3.33. The second kappa shape index (κ2) is 3.30. The number of ether oxygens (including phenoxy) is 1. The Bertz CT molecular complexity index is 110. The van der Waals surface area contributed by atoms with Gasteiger partial charge in [-0.15, -0.1) is 0 Å². The van der Waals surface area contributed by atoms with Gasteiger partial charge in [0.05, 0.1) is 10.7 Å². The second-order valence-electron chi connectivity index (χ2n) is 2.19. The van der Waals surface area contributed by atoms with E-state index < -0.39 is 4.12 Å². The molecule has 0 heterocycles. The number of rotatable bonds is 2. The van der Waals surface area contributed by atoms with E-state index >= 15 is 0 Å². The molecular formula is C4H9B2BrO2. The normalized spacial score (nSPS) is 10.9. The Morgan fingerprint density at radius 3 is 2.33 bits per heavy atom. The van der Waals surface area contributed by atoms with Gasteiger partial charge in [-0.3, -0.25) is 4.79 Å². The standard InChI is InChI=1S/C4H9B2BrO2/c1-2-9-3(8)4(5,6)7/h2,5-6H2,1H3. The summed E-state index contributed by atoms with van der Waals surface area (Å²) in [5.74, 6) is -0.218. The van der Waals surface area contributed by atoms with Crippen molar-refractivity contribution in [1.82, 2.24) is 0 Å². The third kappa shape index (κ3) is 3.62. The SMILES string of the molecule is BC(B)(Br)C(=O)OCC. The zero-order valence-electron chi connectivity index (χ0n) is 5.90. The Labute approximate surface area is 65.3 Å². The lowest BCUT2D eigenvalue weighted by Crippen LogP contribution is -2.34. The summed E-state index contributed by atoms with van der Waals surface area (Å²) < 4.78 is 4.18. The highest BCUT2D eigenvalue weighted by Gasteiger charge is 2.24. The van der Waals surface area contributed by atoms with Crippen molar-refractivity contribution in [2.24, 2.45) is 0 Å². The van der Waals surface area contributed by atoms with Gasteiger partial charge in [0.15, 0.2) is 0 Å². The zero-order chi connectivity index (χ0) is 7.49. The van der Waals surface area contributed by atoms with E-state index in [0.29, 0.717) is 6.61 Å². The average molecular weight is 191 g/mol. The van der Waals surface area contributed by atoms with E-state index in [-0.39, 0.29) is 5.97 Å². The van der Waals surface area contributed by atoms with Crippen LogP contribution in [-0.2, 0) is 9.53 Å². The molecule has 0 amide bonds. The fourth-order valence-electron chi connectivity index (χ4n) is 0.303. The summed E-state index contributed by atoms with van der Waals surface area (Å²) in [5, 5.41) is 0. The number of halogens is 1.